The highest BCUT2D eigenvalue weighted by atomic mass is 16.2. The number of benzene rings is 1. The first-order chi connectivity index (χ1) is 12.2. The summed E-state index contributed by atoms with van der Waals surface area (Å²) in [5, 5.41) is 6.32. The maximum atomic E-state index is 12.4. The van der Waals surface area contributed by atoms with Crippen LogP contribution in [-0.4, -0.2) is 47.4 Å². The van der Waals surface area contributed by atoms with Gasteiger partial charge in [-0.25, -0.2) is 0 Å². The Morgan fingerprint density at radius 3 is 2.24 bits per heavy atom. The molecule has 25 heavy (non-hydrogen) atoms. The lowest BCUT2D eigenvalue weighted by molar-refractivity contribution is -0.125. The van der Waals surface area contributed by atoms with Gasteiger partial charge in [0.2, 0.25) is 5.91 Å². The van der Waals surface area contributed by atoms with E-state index in [1.807, 2.05) is 30.3 Å². The van der Waals surface area contributed by atoms with Crippen LogP contribution in [-0.2, 0) is 4.79 Å². The number of nitrogens with zero attached hydrogens (tertiary/aromatic N) is 1. The van der Waals surface area contributed by atoms with Gasteiger partial charge in [0, 0.05) is 29.7 Å². The predicted octanol–water partition coefficient (Wildman–Crippen LogP) is 2.08. The Kier molecular flexibility index (Phi) is 4.75. The summed E-state index contributed by atoms with van der Waals surface area (Å²) >= 11 is 0. The Morgan fingerprint density at radius 2 is 1.60 bits per heavy atom. The van der Waals surface area contributed by atoms with Crippen molar-refractivity contribution in [2.45, 2.75) is 69.1 Å². The average molecular weight is 341 g/mol. The molecule has 4 rings (SSSR count). The van der Waals surface area contributed by atoms with Crippen LogP contribution in [0.3, 0.4) is 0 Å². The van der Waals surface area contributed by atoms with Crippen molar-refractivity contribution in [2.75, 3.05) is 6.54 Å². The van der Waals surface area contributed by atoms with Crippen molar-refractivity contribution in [1.82, 2.24) is 15.5 Å². The normalized spacial score (nSPS) is 29.0. The highest BCUT2D eigenvalue weighted by Crippen LogP contribution is 2.34. The number of piperidine rings is 2. The van der Waals surface area contributed by atoms with Crippen LogP contribution in [0.2, 0.25) is 0 Å². The van der Waals surface area contributed by atoms with Gasteiger partial charge in [-0.05, 0) is 50.7 Å². The van der Waals surface area contributed by atoms with Gasteiger partial charge in [0.25, 0.3) is 5.91 Å². The van der Waals surface area contributed by atoms with Crippen molar-refractivity contribution in [3.05, 3.63) is 35.9 Å². The molecule has 0 spiro atoms. The molecule has 2 heterocycles. The van der Waals surface area contributed by atoms with E-state index in [-0.39, 0.29) is 17.9 Å². The fourth-order valence-corrected chi connectivity index (χ4v) is 4.38. The van der Waals surface area contributed by atoms with Crippen LogP contribution in [0.4, 0.5) is 0 Å². The highest BCUT2D eigenvalue weighted by Gasteiger charge is 2.39. The fraction of sp³-hybridized carbons (Fsp3) is 0.600. The van der Waals surface area contributed by atoms with Crippen molar-refractivity contribution in [2.24, 2.45) is 0 Å². The number of rotatable bonds is 5. The summed E-state index contributed by atoms with van der Waals surface area (Å²) in [5.41, 5.74) is 0.721. The molecule has 0 radical (unpaired) electrons. The number of carbonyl (C=O) groups excluding carboxylic acids is 2. The van der Waals surface area contributed by atoms with Crippen LogP contribution in [0, 0.1) is 0 Å². The summed E-state index contributed by atoms with van der Waals surface area (Å²) in [6, 6.07) is 10.9. The second-order valence-electron chi connectivity index (χ2n) is 7.76. The Hall–Kier alpha value is -1.88. The maximum absolute atomic E-state index is 12.4. The standard InChI is InChI=1S/C20H27N3O2/c24-19(21-15-9-10-15)13-23-17-7-4-8-18(23)12-16(11-17)22-20(25)14-5-2-1-3-6-14/h1-3,5-6,15-18H,4,7-13H2,(H,21,24)(H,22,25)/t16?,17-,18+. The molecule has 2 saturated heterocycles. The van der Waals surface area contributed by atoms with E-state index in [1.165, 1.54) is 6.42 Å². The summed E-state index contributed by atoms with van der Waals surface area (Å²) in [6.07, 6.45) is 7.65. The van der Waals surface area contributed by atoms with Crippen molar-refractivity contribution in [3.8, 4) is 0 Å². The first-order valence-electron chi connectivity index (χ1n) is 9.60. The molecule has 1 unspecified atom stereocenters. The second kappa shape index (κ2) is 7.16. The molecule has 2 N–H and O–H groups in total. The van der Waals surface area contributed by atoms with Gasteiger partial charge >= 0.3 is 0 Å². The summed E-state index contributed by atoms with van der Waals surface area (Å²) in [4.78, 5) is 27.0. The first-order valence-corrected chi connectivity index (χ1v) is 9.60. The predicted molar refractivity (Wildman–Crippen MR) is 96.2 cm³/mol. The van der Waals surface area contributed by atoms with E-state index < -0.39 is 0 Å². The number of carbonyl (C=O) groups is 2. The van der Waals surface area contributed by atoms with E-state index in [4.69, 9.17) is 0 Å². The van der Waals surface area contributed by atoms with E-state index in [1.54, 1.807) is 0 Å². The number of hydrogen-bond acceptors (Lipinski definition) is 3. The van der Waals surface area contributed by atoms with Gasteiger partial charge in [-0.15, -0.1) is 0 Å². The van der Waals surface area contributed by atoms with E-state index in [2.05, 4.69) is 15.5 Å². The minimum Gasteiger partial charge on any atom is -0.352 e. The van der Waals surface area contributed by atoms with Gasteiger partial charge in [-0.2, -0.15) is 0 Å². The Bertz CT molecular complexity index is 615. The third-order valence-corrected chi connectivity index (χ3v) is 5.77. The van der Waals surface area contributed by atoms with Gasteiger partial charge < -0.3 is 10.6 Å². The molecule has 5 heteroatoms. The largest absolute Gasteiger partial charge is 0.352 e. The number of fused-ring (bicyclic) bond motifs is 2. The quantitative estimate of drug-likeness (QED) is 0.862. The SMILES string of the molecule is O=C(CN1[C@@H]2CCC[C@H]1CC(NC(=O)c1ccccc1)C2)NC1CC1. The molecule has 3 aliphatic rings. The Balaban J connectivity index is 1.35. The lowest BCUT2D eigenvalue weighted by atomic mass is 9.81. The van der Waals surface area contributed by atoms with Crippen molar-refractivity contribution in [1.29, 1.82) is 0 Å². The molecular formula is C20H27N3O2. The van der Waals surface area contributed by atoms with Crippen LogP contribution < -0.4 is 10.6 Å². The molecule has 1 aromatic rings. The van der Waals surface area contributed by atoms with E-state index in [0.717, 1.165) is 44.1 Å². The molecule has 1 aliphatic carbocycles. The topological polar surface area (TPSA) is 61.4 Å². The van der Waals surface area contributed by atoms with E-state index in [0.29, 0.717) is 24.7 Å². The summed E-state index contributed by atoms with van der Waals surface area (Å²) in [6.45, 7) is 0.519. The molecule has 3 atom stereocenters. The average Bonchev–Trinajstić information content (AvgIpc) is 3.40. The smallest absolute Gasteiger partial charge is 0.251 e. The zero-order chi connectivity index (χ0) is 17.2. The third-order valence-electron chi connectivity index (χ3n) is 5.77. The minimum atomic E-state index is 0.0172. The molecule has 2 aliphatic heterocycles. The van der Waals surface area contributed by atoms with Crippen LogP contribution in [0.5, 0.6) is 0 Å². The van der Waals surface area contributed by atoms with E-state index >= 15 is 0 Å². The zero-order valence-corrected chi connectivity index (χ0v) is 14.6. The molecule has 2 amide bonds. The second-order valence-corrected chi connectivity index (χ2v) is 7.76. The summed E-state index contributed by atoms with van der Waals surface area (Å²) in [7, 11) is 0. The third kappa shape index (κ3) is 4.03. The number of hydrogen-bond donors (Lipinski definition) is 2. The lowest BCUT2D eigenvalue weighted by Crippen LogP contribution is -2.59. The van der Waals surface area contributed by atoms with Crippen LogP contribution >= 0.6 is 0 Å². The first kappa shape index (κ1) is 16.6. The monoisotopic (exact) mass is 341 g/mol. The molecular weight excluding hydrogens is 314 g/mol. The van der Waals surface area contributed by atoms with Crippen LogP contribution in [0.25, 0.3) is 0 Å². The molecule has 1 aromatic carbocycles. The van der Waals surface area contributed by atoms with Crippen molar-refractivity contribution >= 4 is 11.8 Å². The Morgan fingerprint density at radius 1 is 0.920 bits per heavy atom. The van der Waals surface area contributed by atoms with Gasteiger partial charge in [0.15, 0.2) is 0 Å². The highest BCUT2D eigenvalue weighted by molar-refractivity contribution is 5.94. The van der Waals surface area contributed by atoms with Crippen LogP contribution in [0.15, 0.2) is 30.3 Å². The van der Waals surface area contributed by atoms with Crippen LogP contribution in [0.1, 0.15) is 55.3 Å². The lowest BCUT2D eigenvalue weighted by Gasteiger charge is -2.48. The molecule has 2 bridgehead atoms. The molecule has 0 aromatic heterocycles. The van der Waals surface area contributed by atoms with Crippen molar-refractivity contribution in [3.63, 3.8) is 0 Å². The summed E-state index contributed by atoms with van der Waals surface area (Å²) in [5.74, 6) is 0.190. The molecule has 3 fully saturated rings. The maximum Gasteiger partial charge on any atom is 0.251 e. The summed E-state index contributed by atoms with van der Waals surface area (Å²) < 4.78 is 0. The molecule has 134 valence electrons. The number of amides is 2. The zero-order valence-electron chi connectivity index (χ0n) is 14.6. The molecule has 5 nitrogen and oxygen atoms in total. The van der Waals surface area contributed by atoms with E-state index in [9.17, 15) is 9.59 Å². The van der Waals surface area contributed by atoms with Gasteiger partial charge in [-0.1, -0.05) is 24.6 Å². The van der Waals surface area contributed by atoms with Gasteiger partial charge in [0.1, 0.15) is 0 Å². The minimum absolute atomic E-state index is 0.0172. The van der Waals surface area contributed by atoms with Gasteiger partial charge in [-0.3, -0.25) is 14.5 Å². The Labute approximate surface area is 149 Å². The number of nitrogens with one attached hydrogen (secondary N) is 2. The van der Waals surface area contributed by atoms with Gasteiger partial charge in [0.05, 0.1) is 6.54 Å². The molecule has 1 saturated carbocycles. The van der Waals surface area contributed by atoms with Crippen molar-refractivity contribution < 1.29 is 9.59 Å². The fourth-order valence-electron chi connectivity index (χ4n) is 4.38.